The Kier molecular flexibility index (Phi) is 5.61. The molecule has 0 fully saturated rings. The molecule has 0 aliphatic heterocycles. The summed E-state index contributed by atoms with van der Waals surface area (Å²) in [4.78, 5) is 11.9. The Hall–Kier alpha value is -3.48. The molecule has 0 aliphatic rings. The molecule has 0 unspecified atom stereocenters. The van der Waals surface area contributed by atoms with E-state index in [1.54, 1.807) is 18.3 Å². The smallest absolute Gasteiger partial charge is 0.259 e. The molecule has 1 aromatic heterocycles. The quantitative estimate of drug-likeness (QED) is 0.521. The van der Waals surface area contributed by atoms with Crippen LogP contribution in [-0.4, -0.2) is 28.4 Å². The third-order valence-electron chi connectivity index (χ3n) is 4.03. The summed E-state index contributed by atoms with van der Waals surface area (Å²) < 4.78 is 14.7. The molecule has 138 valence electrons. The zero-order chi connectivity index (χ0) is 19.2. The van der Waals surface area contributed by atoms with Crippen molar-refractivity contribution in [2.24, 2.45) is 5.10 Å². The largest absolute Gasteiger partial charge is 0.376 e. The average Bonchev–Trinajstić information content (AvgIpc) is 2.96. The van der Waals surface area contributed by atoms with Crippen LogP contribution in [-0.2, 0) is 4.79 Å². The molecule has 27 heavy (non-hydrogen) atoms. The highest BCUT2D eigenvalue weighted by Crippen LogP contribution is 2.16. The number of nitrogens with one attached hydrogen (secondary N) is 2. The van der Waals surface area contributed by atoms with E-state index in [1.165, 1.54) is 12.1 Å². The maximum Gasteiger partial charge on any atom is 0.259 e. The third kappa shape index (κ3) is 4.58. The van der Waals surface area contributed by atoms with Crippen molar-refractivity contribution in [2.45, 2.75) is 13.8 Å². The second kappa shape index (κ2) is 8.27. The number of hydrogen-bond donors (Lipinski definition) is 2. The Balaban J connectivity index is 1.60. The molecule has 0 spiro atoms. The molecule has 3 rings (SSSR count). The zero-order valence-corrected chi connectivity index (χ0v) is 15.1. The van der Waals surface area contributed by atoms with Crippen molar-refractivity contribution in [3.8, 4) is 5.69 Å². The number of halogens is 1. The summed E-state index contributed by atoms with van der Waals surface area (Å²) >= 11 is 0. The van der Waals surface area contributed by atoms with Crippen molar-refractivity contribution in [2.75, 3.05) is 11.9 Å². The van der Waals surface area contributed by atoms with Crippen LogP contribution in [0.3, 0.4) is 0 Å². The highest BCUT2D eigenvalue weighted by atomic mass is 19.1. The summed E-state index contributed by atoms with van der Waals surface area (Å²) in [6, 6.07) is 15.6. The van der Waals surface area contributed by atoms with Gasteiger partial charge in [-0.3, -0.25) is 4.79 Å². The van der Waals surface area contributed by atoms with Crippen molar-refractivity contribution < 1.29 is 9.18 Å². The van der Waals surface area contributed by atoms with Crippen molar-refractivity contribution >= 4 is 17.8 Å². The lowest BCUT2D eigenvalue weighted by Crippen LogP contribution is -2.25. The summed E-state index contributed by atoms with van der Waals surface area (Å²) in [5, 5.41) is 11.4. The van der Waals surface area contributed by atoms with Crippen LogP contribution in [0.25, 0.3) is 5.69 Å². The predicted molar refractivity (Wildman–Crippen MR) is 104 cm³/mol. The van der Waals surface area contributed by atoms with Gasteiger partial charge in [-0.1, -0.05) is 18.2 Å². The van der Waals surface area contributed by atoms with Gasteiger partial charge >= 0.3 is 0 Å². The number of aryl methyl sites for hydroxylation is 1. The SMILES string of the molecule is Cc1nn(-c2ccccc2)c(C)c1/C=N\NC(=O)CNc1ccc(F)cc1. The first-order valence-electron chi connectivity index (χ1n) is 8.47. The minimum atomic E-state index is -0.323. The number of rotatable bonds is 6. The van der Waals surface area contributed by atoms with E-state index in [1.807, 2.05) is 48.9 Å². The number of anilines is 1. The van der Waals surface area contributed by atoms with E-state index in [4.69, 9.17) is 0 Å². The number of benzene rings is 2. The summed E-state index contributed by atoms with van der Waals surface area (Å²) in [6.45, 7) is 3.88. The molecular weight excluding hydrogens is 345 g/mol. The van der Waals surface area contributed by atoms with E-state index in [0.717, 1.165) is 22.6 Å². The highest BCUT2D eigenvalue weighted by molar-refractivity contribution is 5.86. The first-order chi connectivity index (χ1) is 13.0. The van der Waals surface area contributed by atoms with Crippen LogP contribution >= 0.6 is 0 Å². The van der Waals surface area contributed by atoms with Crippen molar-refractivity contribution in [3.63, 3.8) is 0 Å². The predicted octanol–water partition coefficient (Wildman–Crippen LogP) is 3.19. The van der Waals surface area contributed by atoms with Gasteiger partial charge in [0.05, 0.1) is 29.8 Å². The Labute approximate surface area is 156 Å². The standard InChI is InChI=1S/C20H20FN5O/c1-14-19(15(2)26(25-14)18-6-4-3-5-7-18)12-23-24-20(27)13-22-17-10-8-16(21)9-11-17/h3-12,22H,13H2,1-2H3,(H,24,27)/b23-12-. The Morgan fingerprint density at radius 3 is 2.56 bits per heavy atom. The van der Waals surface area contributed by atoms with Crippen LogP contribution in [0.15, 0.2) is 59.7 Å². The number of hydrogen-bond acceptors (Lipinski definition) is 4. The summed E-state index contributed by atoms with van der Waals surface area (Å²) in [7, 11) is 0. The van der Waals surface area contributed by atoms with E-state index >= 15 is 0 Å². The van der Waals surface area contributed by atoms with Gasteiger partial charge in [-0.25, -0.2) is 14.5 Å². The van der Waals surface area contributed by atoms with Crippen LogP contribution in [0.1, 0.15) is 17.0 Å². The number of carbonyl (C=O) groups excluding carboxylic acids is 1. The third-order valence-corrected chi connectivity index (χ3v) is 4.03. The Morgan fingerprint density at radius 1 is 1.15 bits per heavy atom. The molecule has 7 heteroatoms. The van der Waals surface area contributed by atoms with Gasteiger partial charge in [-0.15, -0.1) is 0 Å². The van der Waals surface area contributed by atoms with E-state index in [2.05, 4.69) is 20.9 Å². The second-order valence-electron chi connectivity index (χ2n) is 5.99. The molecule has 0 atom stereocenters. The average molecular weight is 365 g/mol. The van der Waals surface area contributed by atoms with Crippen molar-refractivity contribution in [3.05, 3.63) is 77.4 Å². The lowest BCUT2D eigenvalue weighted by molar-refractivity contribution is -0.119. The Morgan fingerprint density at radius 2 is 1.85 bits per heavy atom. The Bertz CT molecular complexity index is 949. The normalized spacial score (nSPS) is 10.9. The number of aromatic nitrogens is 2. The van der Waals surface area contributed by atoms with Crippen molar-refractivity contribution in [1.29, 1.82) is 0 Å². The molecule has 0 bridgehead atoms. The van der Waals surface area contributed by atoms with Gasteiger partial charge in [0, 0.05) is 11.3 Å². The number of amides is 1. The first kappa shape index (κ1) is 18.3. The lowest BCUT2D eigenvalue weighted by atomic mass is 10.2. The van der Waals surface area contributed by atoms with Crippen LogP contribution < -0.4 is 10.7 Å². The number of nitrogens with zero attached hydrogens (tertiary/aromatic N) is 3. The maximum absolute atomic E-state index is 12.9. The fourth-order valence-electron chi connectivity index (χ4n) is 2.62. The van der Waals surface area contributed by atoms with Crippen LogP contribution in [0.4, 0.5) is 10.1 Å². The summed E-state index contributed by atoms with van der Waals surface area (Å²) in [5.74, 6) is -0.627. The molecule has 2 N–H and O–H groups in total. The number of para-hydroxylation sites is 1. The molecule has 0 radical (unpaired) electrons. The molecular formula is C20H20FN5O. The van der Waals surface area contributed by atoms with E-state index in [0.29, 0.717) is 5.69 Å². The molecule has 1 amide bonds. The van der Waals surface area contributed by atoms with Gasteiger partial charge in [0.15, 0.2) is 0 Å². The maximum atomic E-state index is 12.9. The lowest BCUT2D eigenvalue weighted by Gasteiger charge is -2.05. The first-order valence-corrected chi connectivity index (χ1v) is 8.47. The molecule has 1 heterocycles. The molecule has 6 nitrogen and oxygen atoms in total. The van der Waals surface area contributed by atoms with Gasteiger partial charge in [0.1, 0.15) is 5.82 Å². The second-order valence-corrected chi connectivity index (χ2v) is 5.99. The van der Waals surface area contributed by atoms with Crippen LogP contribution in [0, 0.1) is 19.7 Å². The molecule has 2 aromatic carbocycles. The van der Waals surface area contributed by atoms with Crippen LogP contribution in [0.5, 0.6) is 0 Å². The van der Waals surface area contributed by atoms with E-state index < -0.39 is 0 Å². The minimum Gasteiger partial charge on any atom is -0.376 e. The minimum absolute atomic E-state index is 0.0320. The number of carbonyl (C=O) groups is 1. The number of hydrazone groups is 1. The fourth-order valence-corrected chi connectivity index (χ4v) is 2.62. The van der Waals surface area contributed by atoms with Crippen LogP contribution in [0.2, 0.25) is 0 Å². The van der Waals surface area contributed by atoms with E-state index in [-0.39, 0.29) is 18.3 Å². The zero-order valence-electron chi connectivity index (χ0n) is 15.1. The fraction of sp³-hybridized carbons (Fsp3) is 0.150. The molecule has 3 aromatic rings. The monoisotopic (exact) mass is 365 g/mol. The molecule has 0 aliphatic carbocycles. The van der Waals surface area contributed by atoms with Gasteiger partial charge in [0.2, 0.25) is 0 Å². The topological polar surface area (TPSA) is 71.3 Å². The van der Waals surface area contributed by atoms with Crippen molar-refractivity contribution in [1.82, 2.24) is 15.2 Å². The summed E-state index contributed by atoms with van der Waals surface area (Å²) in [5.41, 5.74) is 6.70. The van der Waals surface area contributed by atoms with Gasteiger partial charge in [-0.2, -0.15) is 10.2 Å². The molecule has 0 saturated carbocycles. The van der Waals surface area contributed by atoms with Gasteiger partial charge in [0.25, 0.3) is 5.91 Å². The van der Waals surface area contributed by atoms with E-state index in [9.17, 15) is 9.18 Å². The molecule has 0 saturated heterocycles. The van der Waals surface area contributed by atoms with Gasteiger partial charge in [-0.05, 0) is 50.2 Å². The van der Waals surface area contributed by atoms with Gasteiger partial charge < -0.3 is 5.32 Å². The highest BCUT2D eigenvalue weighted by Gasteiger charge is 2.11. The summed E-state index contributed by atoms with van der Waals surface area (Å²) in [6.07, 6.45) is 1.59.